The summed E-state index contributed by atoms with van der Waals surface area (Å²) >= 11 is 0. The highest BCUT2D eigenvalue weighted by molar-refractivity contribution is 6.71. The predicted molar refractivity (Wildman–Crippen MR) is 67.4 cm³/mol. The fraction of sp³-hybridized carbons (Fsp3) is 1.00. The molecule has 0 unspecified atom stereocenters. The average molecular weight is 250 g/mol. The van der Waals surface area contributed by atoms with E-state index in [4.69, 9.17) is 18.6 Å². The van der Waals surface area contributed by atoms with E-state index in [1.807, 2.05) is 0 Å². The Hall–Kier alpha value is 0.0569. The Balaban J connectivity index is 3.35. The highest BCUT2D eigenvalue weighted by Crippen LogP contribution is 2.13. The van der Waals surface area contributed by atoms with Crippen LogP contribution in [-0.4, -0.2) is 55.6 Å². The topological polar surface area (TPSA) is 36.9 Å². The first-order valence-electron chi connectivity index (χ1n) is 5.82. The van der Waals surface area contributed by atoms with Crippen LogP contribution in [0, 0.1) is 0 Å². The summed E-state index contributed by atoms with van der Waals surface area (Å²) in [6.45, 7) is 8.01. The average Bonchev–Trinajstić information content (AvgIpc) is 2.23. The maximum absolute atomic E-state index is 5.83. The molecule has 0 heterocycles. The summed E-state index contributed by atoms with van der Waals surface area (Å²) in [7, 11) is 1.88. The van der Waals surface area contributed by atoms with Gasteiger partial charge >= 0.3 is 0 Å². The molecule has 0 aliphatic carbocycles. The molecule has 16 heavy (non-hydrogen) atoms. The van der Waals surface area contributed by atoms with Crippen LogP contribution in [0.5, 0.6) is 0 Å². The fourth-order valence-electron chi connectivity index (χ4n) is 1.32. The van der Waals surface area contributed by atoms with Crippen LogP contribution in [-0.2, 0) is 18.6 Å². The van der Waals surface area contributed by atoms with E-state index in [2.05, 4.69) is 13.1 Å². The number of methoxy groups -OCH3 is 2. The molecule has 4 nitrogen and oxygen atoms in total. The molecular formula is C11H26O4Si. The molecule has 0 saturated carbocycles. The lowest BCUT2D eigenvalue weighted by molar-refractivity contribution is 0.0703. The molecule has 0 amide bonds. The maximum Gasteiger partial charge on any atom is 0.186 e. The molecule has 0 aromatic rings. The van der Waals surface area contributed by atoms with E-state index < -0.39 is 8.32 Å². The van der Waals surface area contributed by atoms with Gasteiger partial charge in [-0.1, -0.05) is 0 Å². The molecule has 0 rings (SSSR count). The molecule has 0 N–H and O–H groups in total. The van der Waals surface area contributed by atoms with Crippen molar-refractivity contribution in [3.05, 3.63) is 0 Å². The van der Waals surface area contributed by atoms with Crippen LogP contribution in [0.1, 0.15) is 6.42 Å². The van der Waals surface area contributed by atoms with E-state index in [1.165, 1.54) is 0 Å². The lowest BCUT2D eigenvalue weighted by Crippen LogP contribution is -2.32. The summed E-state index contributed by atoms with van der Waals surface area (Å²) in [6.07, 6.45) is 1.07. The van der Waals surface area contributed by atoms with E-state index in [1.54, 1.807) is 14.2 Å². The highest BCUT2D eigenvalue weighted by Gasteiger charge is 2.21. The fourth-order valence-corrected chi connectivity index (χ4v) is 3.09. The quantitative estimate of drug-likeness (QED) is 0.415. The summed E-state index contributed by atoms with van der Waals surface area (Å²) in [5, 5.41) is 0. The van der Waals surface area contributed by atoms with E-state index >= 15 is 0 Å². The zero-order chi connectivity index (χ0) is 12.3. The Morgan fingerprint density at radius 1 is 0.812 bits per heavy atom. The van der Waals surface area contributed by atoms with Gasteiger partial charge in [-0.15, -0.1) is 0 Å². The molecule has 0 radical (unpaired) electrons. The van der Waals surface area contributed by atoms with Crippen molar-refractivity contribution >= 4 is 8.32 Å². The van der Waals surface area contributed by atoms with Gasteiger partial charge in [-0.25, -0.2) is 0 Å². The van der Waals surface area contributed by atoms with Gasteiger partial charge in [-0.05, 0) is 25.6 Å². The summed E-state index contributed by atoms with van der Waals surface area (Å²) in [5.41, 5.74) is 0. The largest absolute Gasteiger partial charge is 0.415 e. The monoisotopic (exact) mass is 250 g/mol. The van der Waals surface area contributed by atoms with Gasteiger partial charge in [0.1, 0.15) is 0 Å². The predicted octanol–water partition coefficient (Wildman–Crippen LogP) is 1.91. The van der Waals surface area contributed by atoms with Gasteiger partial charge in [0, 0.05) is 20.8 Å². The Bertz CT molecular complexity index is 153. The Kier molecular flexibility index (Phi) is 10.3. The number of hydrogen-bond acceptors (Lipinski definition) is 4. The molecule has 0 saturated heterocycles. The summed E-state index contributed by atoms with van der Waals surface area (Å²) in [4.78, 5) is 0. The van der Waals surface area contributed by atoms with Gasteiger partial charge in [0.15, 0.2) is 8.32 Å². The minimum atomic E-state index is -1.50. The minimum absolute atomic E-state index is 0.672. The normalized spacial score (nSPS) is 12.0. The molecule has 0 aliphatic rings. The van der Waals surface area contributed by atoms with Crippen LogP contribution in [0.25, 0.3) is 0 Å². The van der Waals surface area contributed by atoms with Crippen molar-refractivity contribution in [1.29, 1.82) is 0 Å². The standard InChI is InChI=1S/C11H26O4Si/c1-12-7-9-14-6-5-11-16(3,4)15-10-8-13-2/h5-11H2,1-4H3. The van der Waals surface area contributed by atoms with Crippen molar-refractivity contribution in [1.82, 2.24) is 0 Å². The van der Waals surface area contributed by atoms with E-state index in [-0.39, 0.29) is 0 Å². The Labute approximate surface area is 100 Å². The number of hydrogen-bond donors (Lipinski definition) is 0. The molecule has 0 aliphatic heterocycles. The van der Waals surface area contributed by atoms with Crippen LogP contribution < -0.4 is 0 Å². The smallest absolute Gasteiger partial charge is 0.186 e. The molecule has 0 atom stereocenters. The van der Waals surface area contributed by atoms with Gasteiger partial charge in [0.05, 0.1) is 26.4 Å². The summed E-state index contributed by atoms with van der Waals surface area (Å²) in [5.74, 6) is 0. The molecular weight excluding hydrogens is 224 g/mol. The number of rotatable bonds is 11. The minimum Gasteiger partial charge on any atom is -0.415 e. The third-order valence-electron chi connectivity index (χ3n) is 2.28. The lowest BCUT2D eigenvalue weighted by atomic mass is 10.5. The van der Waals surface area contributed by atoms with E-state index in [0.717, 1.165) is 19.1 Å². The highest BCUT2D eigenvalue weighted by atomic mass is 28.4. The van der Waals surface area contributed by atoms with Crippen molar-refractivity contribution in [2.75, 3.05) is 47.3 Å². The first kappa shape index (κ1) is 16.1. The second-order valence-corrected chi connectivity index (χ2v) is 8.62. The van der Waals surface area contributed by atoms with Gasteiger partial charge in [0.2, 0.25) is 0 Å². The van der Waals surface area contributed by atoms with Crippen LogP contribution >= 0.6 is 0 Å². The molecule has 0 spiro atoms. The molecule has 98 valence electrons. The Morgan fingerprint density at radius 3 is 2.06 bits per heavy atom. The van der Waals surface area contributed by atoms with E-state index in [9.17, 15) is 0 Å². The van der Waals surface area contributed by atoms with Gasteiger partial charge < -0.3 is 18.6 Å². The summed E-state index contributed by atoms with van der Waals surface area (Å²) in [6, 6.07) is 1.13. The first-order chi connectivity index (χ1) is 7.62. The van der Waals surface area contributed by atoms with Crippen LogP contribution in [0.2, 0.25) is 19.1 Å². The Morgan fingerprint density at radius 2 is 1.44 bits per heavy atom. The van der Waals surface area contributed by atoms with Gasteiger partial charge in [-0.3, -0.25) is 0 Å². The van der Waals surface area contributed by atoms with E-state index in [0.29, 0.717) is 26.4 Å². The van der Waals surface area contributed by atoms with Crippen molar-refractivity contribution in [3.63, 3.8) is 0 Å². The zero-order valence-electron chi connectivity index (χ0n) is 11.1. The van der Waals surface area contributed by atoms with Gasteiger partial charge in [0.25, 0.3) is 0 Å². The van der Waals surface area contributed by atoms with Crippen molar-refractivity contribution < 1.29 is 18.6 Å². The summed E-state index contributed by atoms with van der Waals surface area (Å²) < 4.78 is 21.1. The molecule has 0 aromatic heterocycles. The molecule has 0 bridgehead atoms. The molecule has 0 aromatic carbocycles. The third kappa shape index (κ3) is 10.6. The lowest BCUT2D eigenvalue weighted by Gasteiger charge is -2.22. The van der Waals surface area contributed by atoms with Gasteiger partial charge in [-0.2, -0.15) is 0 Å². The third-order valence-corrected chi connectivity index (χ3v) is 4.82. The second-order valence-electron chi connectivity index (χ2n) is 4.31. The SMILES string of the molecule is COCCOCCC[Si](C)(C)OCCOC. The van der Waals surface area contributed by atoms with Crippen LogP contribution in [0.3, 0.4) is 0 Å². The second kappa shape index (κ2) is 10.2. The zero-order valence-corrected chi connectivity index (χ0v) is 12.1. The molecule has 0 fully saturated rings. The van der Waals surface area contributed by atoms with Crippen LogP contribution in [0.15, 0.2) is 0 Å². The maximum atomic E-state index is 5.83. The van der Waals surface area contributed by atoms with Crippen molar-refractivity contribution in [2.45, 2.75) is 25.6 Å². The van der Waals surface area contributed by atoms with Crippen molar-refractivity contribution in [2.24, 2.45) is 0 Å². The number of ether oxygens (including phenoxy) is 3. The molecule has 5 heteroatoms. The first-order valence-corrected chi connectivity index (χ1v) is 8.93. The van der Waals surface area contributed by atoms with Crippen molar-refractivity contribution in [3.8, 4) is 0 Å². The van der Waals surface area contributed by atoms with Crippen LogP contribution in [0.4, 0.5) is 0 Å².